The highest BCUT2D eigenvalue weighted by molar-refractivity contribution is 6.01. The summed E-state index contributed by atoms with van der Waals surface area (Å²) in [6.07, 6.45) is 1.32. The van der Waals surface area contributed by atoms with Gasteiger partial charge in [-0.15, -0.1) is 0 Å². The van der Waals surface area contributed by atoms with Crippen LogP contribution in [0.5, 0.6) is 5.75 Å². The predicted octanol–water partition coefficient (Wildman–Crippen LogP) is 2.97. The molecule has 7 heteroatoms. The maximum atomic E-state index is 14.0. The van der Waals surface area contributed by atoms with Crippen molar-refractivity contribution in [3.63, 3.8) is 0 Å². The van der Waals surface area contributed by atoms with Crippen LogP contribution < -0.4 is 4.74 Å². The Hall–Kier alpha value is -2.90. The second kappa shape index (κ2) is 8.22. The fraction of sp³-hybridized carbons (Fsp3) is 0.440. The summed E-state index contributed by atoms with van der Waals surface area (Å²) in [7, 11) is 3.40. The zero-order chi connectivity index (χ0) is 22.3. The van der Waals surface area contributed by atoms with E-state index in [1.807, 2.05) is 53.4 Å². The van der Waals surface area contributed by atoms with Crippen LogP contribution in [-0.4, -0.2) is 67.9 Å². The molecule has 0 saturated carbocycles. The number of ether oxygens (including phenoxy) is 3. The van der Waals surface area contributed by atoms with E-state index in [1.54, 1.807) is 19.1 Å². The van der Waals surface area contributed by atoms with E-state index >= 15 is 0 Å². The van der Waals surface area contributed by atoms with Crippen LogP contribution in [0, 0.1) is 0 Å². The topological polar surface area (TPSA) is 68.3 Å². The number of hydrogen-bond acceptors (Lipinski definition) is 5. The van der Waals surface area contributed by atoms with Gasteiger partial charge < -0.3 is 24.0 Å². The molecule has 2 aromatic rings. The number of methoxy groups -OCH3 is 1. The van der Waals surface area contributed by atoms with E-state index in [0.29, 0.717) is 44.7 Å². The van der Waals surface area contributed by atoms with E-state index in [2.05, 4.69) is 0 Å². The molecule has 0 radical (unpaired) electrons. The van der Waals surface area contributed by atoms with Gasteiger partial charge in [-0.3, -0.25) is 9.59 Å². The van der Waals surface area contributed by atoms with Crippen LogP contribution in [0.25, 0.3) is 0 Å². The third kappa shape index (κ3) is 3.45. The van der Waals surface area contributed by atoms with E-state index < -0.39 is 17.7 Å². The van der Waals surface area contributed by atoms with Crippen LogP contribution in [0.2, 0.25) is 0 Å². The zero-order valence-corrected chi connectivity index (χ0v) is 18.5. The Labute approximate surface area is 187 Å². The van der Waals surface area contributed by atoms with Gasteiger partial charge >= 0.3 is 0 Å². The normalized spacial score (nSPS) is 24.5. The van der Waals surface area contributed by atoms with Gasteiger partial charge in [-0.2, -0.15) is 0 Å². The zero-order valence-electron chi connectivity index (χ0n) is 18.5. The lowest BCUT2D eigenvalue weighted by atomic mass is 9.79. The van der Waals surface area contributed by atoms with Gasteiger partial charge in [0.2, 0.25) is 5.91 Å². The molecule has 1 spiro atoms. The van der Waals surface area contributed by atoms with E-state index in [-0.39, 0.29) is 11.8 Å². The van der Waals surface area contributed by atoms with Gasteiger partial charge in [0, 0.05) is 38.5 Å². The van der Waals surface area contributed by atoms with Crippen molar-refractivity contribution in [3.8, 4) is 5.75 Å². The first kappa shape index (κ1) is 21.0. The van der Waals surface area contributed by atoms with Crippen LogP contribution in [0.1, 0.15) is 46.3 Å². The number of rotatable bonds is 3. The average molecular weight is 437 g/mol. The van der Waals surface area contributed by atoms with E-state index in [0.717, 1.165) is 16.9 Å². The number of fused-ring (bicyclic) bond motifs is 1. The van der Waals surface area contributed by atoms with Crippen molar-refractivity contribution in [1.29, 1.82) is 0 Å². The highest BCUT2D eigenvalue weighted by Crippen LogP contribution is 2.44. The summed E-state index contributed by atoms with van der Waals surface area (Å²) in [6, 6.07) is 14.7. The van der Waals surface area contributed by atoms with Crippen LogP contribution in [0.3, 0.4) is 0 Å². The summed E-state index contributed by atoms with van der Waals surface area (Å²) in [6.45, 7) is 2.36. The van der Waals surface area contributed by atoms with Gasteiger partial charge in [0.25, 0.3) is 5.91 Å². The maximum absolute atomic E-state index is 14.0. The van der Waals surface area contributed by atoms with Crippen molar-refractivity contribution in [1.82, 2.24) is 9.80 Å². The molecule has 2 aromatic carbocycles. The minimum Gasteiger partial charge on any atom is -0.497 e. The molecule has 2 atom stereocenters. The van der Waals surface area contributed by atoms with Crippen molar-refractivity contribution in [2.75, 3.05) is 40.5 Å². The van der Waals surface area contributed by atoms with Crippen LogP contribution in [0.4, 0.5) is 0 Å². The first-order valence-corrected chi connectivity index (χ1v) is 11.1. The number of amides is 2. The lowest BCUT2D eigenvalue weighted by Crippen LogP contribution is -2.51. The number of nitrogens with zero attached hydrogens (tertiary/aromatic N) is 2. The molecule has 0 bridgehead atoms. The Morgan fingerprint density at radius 3 is 2.34 bits per heavy atom. The summed E-state index contributed by atoms with van der Waals surface area (Å²) < 4.78 is 17.0. The standard InChI is InChI=1S/C25H28N2O5/c1-26-22(17-7-9-18(30-2)10-8-17)21(19-5-3-4-6-20(19)23(26)28)24(29)27-13-11-25(12-14-27)31-15-16-32-25/h3-10,21-22H,11-16H2,1-2H3/t21-,22-/m1/s1. The molecule has 3 aliphatic heterocycles. The highest BCUT2D eigenvalue weighted by Gasteiger charge is 2.47. The van der Waals surface area contributed by atoms with Crippen molar-refractivity contribution in [2.24, 2.45) is 0 Å². The van der Waals surface area contributed by atoms with Gasteiger partial charge in [-0.1, -0.05) is 30.3 Å². The number of piperidine rings is 1. The smallest absolute Gasteiger partial charge is 0.254 e. The lowest BCUT2D eigenvalue weighted by Gasteiger charge is -2.44. The van der Waals surface area contributed by atoms with Gasteiger partial charge in [-0.25, -0.2) is 0 Å². The fourth-order valence-corrected chi connectivity index (χ4v) is 5.21. The fourth-order valence-electron chi connectivity index (χ4n) is 5.21. The minimum atomic E-state index is -0.538. The largest absolute Gasteiger partial charge is 0.497 e. The monoisotopic (exact) mass is 436 g/mol. The predicted molar refractivity (Wildman–Crippen MR) is 117 cm³/mol. The third-order valence-electron chi connectivity index (χ3n) is 6.95. The number of carbonyl (C=O) groups is 2. The number of likely N-dealkylation sites (N-methyl/N-ethyl adjacent to an activating group) is 1. The molecule has 7 nitrogen and oxygen atoms in total. The van der Waals surface area contributed by atoms with Gasteiger partial charge in [-0.05, 0) is 29.3 Å². The summed E-state index contributed by atoms with van der Waals surface area (Å²) in [5, 5.41) is 0. The molecule has 3 heterocycles. The van der Waals surface area contributed by atoms with Crippen LogP contribution in [-0.2, 0) is 14.3 Å². The van der Waals surface area contributed by atoms with E-state index in [1.165, 1.54) is 0 Å². The Morgan fingerprint density at radius 2 is 1.69 bits per heavy atom. The van der Waals surface area contributed by atoms with Crippen molar-refractivity contribution < 1.29 is 23.8 Å². The maximum Gasteiger partial charge on any atom is 0.254 e. The molecule has 2 amide bonds. The lowest BCUT2D eigenvalue weighted by molar-refractivity contribution is -0.188. The SMILES string of the molecule is COc1ccc([C@@H]2[C@H](C(=O)N3CCC4(CC3)OCCO4)c3ccccc3C(=O)N2C)cc1. The second-order valence-electron chi connectivity index (χ2n) is 8.63. The average Bonchev–Trinajstić information content (AvgIpc) is 3.29. The van der Waals surface area contributed by atoms with Crippen molar-refractivity contribution in [3.05, 3.63) is 65.2 Å². The first-order valence-electron chi connectivity index (χ1n) is 11.1. The van der Waals surface area contributed by atoms with Crippen molar-refractivity contribution in [2.45, 2.75) is 30.6 Å². The molecule has 0 unspecified atom stereocenters. The molecule has 0 aliphatic carbocycles. The minimum absolute atomic E-state index is 0.0328. The van der Waals surface area contributed by atoms with Gasteiger partial charge in [0.15, 0.2) is 5.79 Å². The molecule has 2 fully saturated rings. The molecular weight excluding hydrogens is 408 g/mol. The number of hydrogen-bond donors (Lipinski definition) is 0. The molecule has 0 N–H and O–H groups in total. The van der Waals surface area contributed by atoms with Gasteiger partial charge in [0.1, 0.15) is 5.75 Å². The summed E-state index contributed by atoms with van der Waals surface area (Å²) >= 11 is 0. The molecule has 32 heavy (non-hydrogen) atoms. The highest BCUT2D eigenvalue weighted by atomic mass is 16.7. The molecule has 2 saturated heterocycles. The number of likely N-dealkylation sites (tertiary alicyclic amines) is 1. The van der Waals surface area contributed by atoms with E-state index in [4.69, 9.17) is 14.2 Å². The first-order chi connectivity index (χ1) is 15.5. The summed E-state index contributed by atoms with van der Waals surface area (Å²) in [5.41, 5.74) is 2.29. The second-order valence-corrected chi connectivity index (χ2v) is 8.63. The Morgan fingerprint density at radius 1 is 1.03 bits per heavy atom. The third-order valence-corrected chi connectivity index (χ3v) is 6.95. The number of carbonyl (C=O) groups excluding carboxylic acids is 2. The molecular formula is C25H28N2O5. The summed E-state index contributed by atoms with van der Waals surface area (Å²) in [5.74, 6) is -0.327. The molecule has 0 aromatic heterocycles. The summed E-state index contributed by atoms with van der Waals surface area (Å²) in [4.78, 5) is 30.7. The quantitative estimate of drug-likeness (QED) is 0.740. The Kier molecular flexibility index (Phi) is 5.39. The molecule has 5 rings (SSSR count). The molecule has 3 aliphatic rings. The molecule has 168 valence electrons. The van der Waals surface area contributed by atoms with E-state index in [9.17, 15) is 9.59 Å². The Bertz CT molecular complexity index is 1010. The van der Waals surface area contributed by atoms with Crippen LogP contribution in [0.15, 0.2) is 48.5 Å². The van der Waals surface area contributed by atoms with Crippen molar-refractivity contribution >= 4 is 11.8 Å². The van der Waals surface area contributed by atoms with Crippen LogP contribution >= 0.6 is 0 Å². The van der Waals surface area contributed by atoms with Gasteiger partial charge in [0.05, 0.1) is 32.3 Å². The Balaban J connectivity index is 1.50. The number of benzene rings is 2.